The van der Waals surface area contributed by atoms with Crippen LogP contribution in [0.15, 0.2) is 170 Å². The molecule has 5 aliphatic heterocycles. The van der Waals surface area contributed by atoms with Crippen LogP contribution < -0.4 is 47.2 Å². The van der Waals surface area contributed by atoms with E-state index < -0.39 is 0 Å². The first kappa shape index (κ1) is 39.3. The fourth-order valence-corrected chi connectivity index (χ4v) is 13.8. The molecule has 2 aromatic heterocycles. The van der Waals surface area contributed by atoms with Gasteiger partial charge in [-0.3, -0.25) is 0 Å². The average molecular weight is 920 g/mol. The topological polar surface area (TPSA) is 48.0 Å². The maximum atomic E-state index is 7.42. The molecular formula is C62H43B2NO4S. The molecular weight excluding hydrogens is 876 g/mol. The van der Waals surface area contributed by atoms with E-state index in [1.807, 2.05) is 11.8 Å². The van der Waals surface area contributed by atoms with Gasteiger partial charge in [0.25, 0.3) is 13.4 Å². The molecule has 11 aromatic rings. The van der Waals surface area contributed by atoms with Gasteiger partial charge in [0.15, 0.2) is 11.2 Å². The molecule has 332 valence electrons. The first-order chi connectivity index (χ1) is 34.0. The van der Waals surface area contributed by atoms with Crippen LogP contribution in [0.4, 0.5) is 17.1 Å². The smallest absolute Gasteiger partial charge is 0.256 e. The molecule has 9 aromatic carbocycles. The third-order valence-corrected chi connectivity index (χ3v) is 17.0. The van der Waals surface area contributed by atoms with Gasteiger partial charge in [-0.1, -0.05) is 187 Å². The number of anilines is 3. The number of nitrogens with zero attached hydrogens (tertiary/aromatic N) is 1. The molecule has 70 heavy (non-hydrogen) atoms. The minimum absolute atomic E-state index is 0.0448. The first-order valence-electron chi connectivity index (χ1n) is 24.5. The monoisotopic (exact) mass is 919 g/mol. The van der Waals surface area contributed by atoms with Crippen LogP contribution in [0, 0.1) is 0 Å². The number of fused-ring (bicyclic) bond motifs is 14. The van der Waals surface area contributed by atoms with E-state index in [1.54, 1.807) is 0 Å². The van der Waals surface area contributed by atoms with Crippen molar-refractivity contribution in [2.75, 3.05) is 4.90 Å². The van der Waals surface area contributed by atoms with E-state index in [0.717, 1.165) is 138 Å². The molecule has 0 amide bonds. The van der Waals surface area contributed by atoms with E-state index in [9.17, 15) is 0 Å². The summed E-state index contributed by atoms with van der Waals surface area (Å²) in [4.78, 5) is 4.77. The zero-order chi connectivity index (χ0) is 46.7. The quantitative estimate of drug-likeness (QED) is 0.161. The summed E-state index contributed by atoms with van der Waals surface area (Å²) in [5, 5.41) is 4.46. The molecule has 8 heteroatoms. The molecule has 0 fully saturated rings. The predicted molar refractivity (Wildman–Crippen MR) is 290 cm³/mol. The van der Waals surface area contributed by atoms with E-state index in [0.29, 0.717) is 0 Å². The number of hydrogen-bond donors (Lipinski definition) is 0. The van der Waals surface area contributed by atoms with Gasteiger partial charge < -0.3 is 23.2 Å². The van der Waals surface area contributed by atoms with Gasteiger partial charge >= 0.3 is 0 Å². The molecule has 0 unspecified atom stereocenters. The van der Waals surface area contributed by atoms with Crippen molar-refractivity contribution in [2.45, 2.75) is 62.2 Å². The van der Waals surface area contributed by atoms with Crippen LogP contribution in [0.2, 0.25) is 0 Å². The van der Waals surface area contributed by atoms with Gasteiger partial charge in [0.2, 0.25) is 0 Å². The molecule has 16 rings (SSSR count). The lowest BCUT2D eigenvalue weighted by atomic mass is 9.29. The molecule has 0 radical (unpaired) electrons. The van der Waals surface area contributed by atoms with E-state index >= 15 is 0 Å². The normalized spacial score (nSPS) is 14.5. The third-order valence-electron chi connectivity index (χ3n) is 15.9. The summed E-state index contributed by atoms with van der Waals surface area (Å²) >= 11 is 1.82. The number of rotatable bonds is 2. The van der Waals surface area contributed by atoms with Crippen LogP contribution in [-0.4, -0.2) is 13.4 Å². The molecule has 0 atom stereocenters. The highest BCUT2D eigenvalue weighted by atomic mass is 32.2. The summed E-state index contributed by atoms with van der Waals surface area (Å²) in [6.45, 7) is 13.3. The average Bonchev–Trinajstić information content (AvgIpc) is 3.94. The predicted octanol–water partition coefficient (Wildman–Crippen LogP) is 13.2. The van der Waals surface area contributed by atoms with Gasteiger partial charge in [-0.15, -0.1) is 0 Å². The van der Waals surface area contributed by atoms with Crippen molar-refractivity contribution in [1.29, 1.82) is 0 Å². The van der Waals surface area contributed by atoms with Gasteiger partial charge in [0, 0.05) is 44.4 Å². The van der Waals surface area contributed by atoms with E-state index in [2.05, 4.69) is 198 Å². The Kier molecular flexibility index (Phi) is 7.41. The Balaban J connectivity index is 1.07. The Morgan fingerprint density at radius 2 is 0.886 bits per heavy atom. The molecule has 5 nitrogen and oxygen atoms in total. The van der Waals surface area contributed by atoms with Crippen LogP contribution in [0.25, 0.3) is 66.1 Å². The largest absolute Gasteiger partial charge is 0.458 e. The lowest BCUT2D eigenvalue weighted by molar-refractivity contribution is 0.467. The highest BCUT2D eigenvalue weighted by molar-refractivity contribution is 8.00. The Bertz CT molecular complexity index is 3930. The standard InChI is InChI=1S/C62H43B2NO4S/c1-61(2,3)34-23-25-38-40-29-44-52-59(57(40)66-46(38)27-34)70-60-53-45(30-41-39-26-24-35(62(4,5)6)28-47(39)67-58(41)60)64-43-22-14-20-37(33-17-11-8-12-18-33)56(43)69-49-31-48-50(54(51(49)64)65(52)53)63(44)42-21-13-19-36(55(42)68-48)32-15-9-7-10-16-32/h7-31H,1-6H3. The maximum absolute atomic E-state index is 7.42. The zero-order valence-corrected chi connectivity index (χ0v) is 40.4. The molecule has 5 aliphatic rings. The fraction of sp³-hybridized carbons (Fsp3) is 0.129. The van der Waals surface area contributed by atoms with Crippen molar-refractivity contribution in [3.05, 3.63) is 163 Å². The summed E-state index contributed by atoms with van der Waals surface area (Å²) in [7, 11) is 0. The maximum Gasteiger partial charge on any atom is 0.256 e. The Morgan fingerprint density at radius 3 is 1.33 bits per heavy atom. The highest BCUT2D eigenvalue weighted by Crippen LogP contribution is 2.60. The SMILES string of the molecule is CC(C)(C)c1ccc2c(c1)oc1c3c4c(cc12)B1c2cccc(-c5ccccc5)c2Oc2cc5c6c(c21)N4c1c(cc2c(oc4cc(C(C)(C)C)ccc42)c1S3)B6c1cccc(-c2ccccc2)c1O5. The van der Waals surface area contributed by atoms with Crippen molar-refractivity contribution in [1.82, 2.24) is 0 Å². The third kappa shape index (κ3) is 5.01. The van der Waals surface area contributed by atoms with Crippen LogP contribution in [0.3, 0.4) is 0 Å². The van der Waals surface area contributed by atoms with E-state index in [1.165, 1.54) is 22.1 Å². The molecule has 7 heterocycles. The summed E-state index contributed by atoms with van der Waals surface area (Å²) in [6, 6.07) is 55.4. The number of hydrogen-bond acceptors (Lipinski definition) is 6. The Hall–Kier alpha value is -7.54. The van der Waals surface area contributed by atoms with Gasteiger partial charge in [-0.25, -0.2) is 0 Å². The van der Waals surface area contributed by atoms with Crippen molar-refractivity contribution in [3.63, 3.8) is 0 Å². The van der Waals surface area contributed by atoms with Crippen molar-refractivity contribution < 1.29 is 18.3 Å². The van der Waals surface area contributed by atoms with E-state index in [4.69, 9.17) is 18.3 Å². The fourth-order valence-electron chi connectivity index (χ4n) is 12.5. The molecule has 0 aliphatic carbocycles. The highest BCUT2D eigenvalue weighted by Gasteiger charge is 2.54. The Morgan fingerprint density at radius 1 is 0.429 bits per heavy atom. The van der Waals surface area contributed by atoms with Gasteiger partial charge in [0.05, 0.1) is 21.2 Å². The summed E-state index contributed by atoms with van der Waals surface area (Å²) in [5.74, 6) is 3.39. The minimum atomic E-state index is -0.150. The molecule has 0 spiro atoms. The molecule has 0 saturated carbocycles. The second-order valence-electron chi connectivity index (χ2n) is 21.9. The van der Waals surface area contributed by atoms with Crippen LogP contribution in [-0.2, 0) is 10.8 Å². The number of benzene rings is 9. The molecule has 0 saturated heterocycles. The number of ether oxygens (including phenoxy) is 2. The van der Waals surface area contributed by atoms with Crippen LogP contribution in [0.5, 0.6) is 23.0 Å². The number of furan rings is 2. The van der Waals surface area contributed by atoms with Crippen LogP contribution >= 0.6 is 11.8 Å². The molecule has 0 bridgehead atoms. The minimum Gasteiger partial charge on any atom is -0.458 e. The first-order valence-corrected chi connectivity index (χ1v) is 25.3. The summed E-state index contributed by atoms with van der Waals surface area (Å²) < 4.78 is 29.3. The number of para-hydroxylation sites is 2. The van der Waals surface area contributed by atoms with Gasteiger partial charge in [0.1, 0.15) is 34.2 Å². The van der Waals surface area contributed by atoms with Crippen molar-refractivity contribution in [2.24, 2.45) is 0 Å². The van der Waals surface area contributed by atoms with E-state index in [-0.39, 0.29) is 24.3 Å². The zero-order valence-electron chi connectivity index (χ0n) is 39.6. The molecule has 0 N–H and O–H groups in total. The van der Waals surface area contributed by atoms with Crippen molar-refractivity contribution in [3.8, 4) is 45.3 Å². The Labute approximate surface area is 410 Å². The summed E-state index contributed by atoms with van der Waals surface area (Å²) in [5.41, 5.74) is 20.9. The summed E-state index contributed by atoms with van der Waals surface area (Å²) in [6.07, 6.45) is 0. The lowest BCUT2D eigenvalue weighted by Crippen LogP contribution is -2.67. The lowest BCUT2D eigenvalue weighted by Gasteiger charge is -2.49. The van der Waals surface area contributed by atoms with Gasteiger partial charge in [-0.2, -0.15) is 0 Å². The second kappa shape index (κ2) is 13.2. The van der Waals surface area contributed by atoms with Gasteiger partial charge in [-0.05, 0) is 78.0 Å². The second-order valence-corrected chi connectivity index (χ2v) is 22.9. The van der Waals surface area contributed by atoms with Crippen LogP contribution in [0.1, 0.15) is 52.7 Å². The van der Waals surface area contributed by atoms with Crippen molar-refractivity contribution >= 4 is 119 Å².